The molecular formula is C11H15FN2O. The van der Waals surface area contributed by atoms with Crippen LogP contribution in [0.5, 0.6) is 0 Å². The first-order chi connectivity index (χ1) is 7.09. The minimum Gasteiger partial charge on any atom is -0.399 e. The standard InChI is InChI=1S/C11H15FN2O/c1-11(4-5-15-7-11)14-10-3-2-8(13)6-9(10)12/h2-3,6,14H,4-5,7,13H2,1H3. The van der Waals surface area contributed by atoms with Gasteiger partial charge in [0.05, 0.1) is 17.8 Å². The molecule has 1 fully saturated rings. The zero-order valence-corrected chi connectivity index (χ0v) is 8.72. The molecule has 3 nitrogen and oxygen atoms in total. The van der Waals surface area contributed by atoms with Crippen LogP contribution in [0.2, 0.25) is 0 Å². The van der Waals surface area contributed by atoms with Gasteiger partial charge in [-0.1, -0.05) is 0 Å². The number of nitrogens with two attached hydrogens (primary N) is 1. The molecule has 0 aliphatic carbocycles. The maximum Gasteiger partial charge on any atom is 0.148 e. The monoisotopic (exact) mass is 210 g/mol. The molecular weight excluding hydrogens is 195 g/mol. The van der Waals surface area contributed by atoms with Gasteiger partial charge >= 0.3 is 0 Å². The van der Waals surface area contributed by atoms with Crippen LogP contribution >= 0.6 is 0 Å². The second kappa shape index (κ2) is 3.70. The van der Waals surface area contributed by atoms with Crippen LogP contribution in [0.4, 0.5) is 15.8 Å². The summed E-state index contributed by atoms with van der Waals surface area (Å²) < 4.78 is 18.8. The summed E-state index contributed by atoms with van der Waals surface area (Å²) in [6, 6.07) is 4.67. The molecule has 1 saturated heterocycles. The molecule has 0 spiro atoms. The molecule has 0 aromatic heterocycles. The lowest BCUT2D eigenvalue weighted by molar-refractivity contribution is 0.185. The number of anilines is 2. The predicted octanol–water partition coefficient (Wildman–Crippen LogP) is 2.00. The number of ether oxygens (including phenoxy) is 1. The van der Waals surface area contributed by atoms with E-state index < -0.39 is 0 Å². The van der Waals surface area contributed by atoms with Crippen LogP contribution in [0.1, 0.15) is 13.3 Å². The number of benzene rings is 1. The first-order valence-electron chi connectivity index (χ1n) is 5.00. The number of halogens is 1. The van der Waals surface area contributed by atoms with Crippen molar-refractivity contribution in [2.75, 3.05) is 24.3 Å². The van der Waals surface area contributed by atoms with Gasteiger partial charge in [0.15, 0.2) is 0 Å². The summed E-state index contributed by atoms with van der Waals surface area (Å²) in [4.78, 5) is 0. The highest BCUT2D eigenvalue weighted by Crippen LogP contribution is 2.26. The Morgan fingerprint density at radius 2 is 2.33 bits per heavy atom. The summed E-state index contributed by atoms with van der Waals surface area (Å²) >= 11 is 0. The lowest BCUT2D eigenvalue weighted by Gasteiger charge is -2.25. The molecule has 1 atom stereocenters. The van der Waals surface area contributed by atoms with Crippen molar-refractivity contribution in [3.8, 4) is 0 Å². The summed E-state index contributed by atoms with van der Waals surface area (Å²) in [6.07, 6.45) is 0.886. The molecule has 0 amide bonds. The lowest BCUT2D eigenvalue weighted by Crippen LogP contribution is -2.35. The van der Waals surface area contributed by atoms with Crippen molar-refractivity contribution in [3.05, 3.63) is 24.0 Å². The van der Waals surface area contributed by atoms with E-state index in [0.717, 1.165) is 13.0 Å². The Labute approximate surface area is 88.4 Å². The first kappa shape index (κ1) is 10.2. The van der Waals surface area contributed by atoms with Crippen molar-refractivity contribution in [1.29, 1.82) is 0 Å². The highest BCUT2D eigenvalue weighted by atomic mass is 19.1. The molecule has 4 heteroatoms. The minimum atomic E-state index is -0.317. The predicted molar refractivity (Wildman–Crippen MR) is 58.3 cm³/mol. The van der Waals surface area contributed by atoms with Crippen LogP contribution in [-0.2, 0) is 4.74 Å². The van der Waals surface area contributed by atoms with E-state index in [2.05, 4.69) is 5.32 Å². The molecule has 1 aliphatic heterocycles. The number of hydrogen-bond donors (Lipinski definition) is 2. The van der Waals surface area contributed by atoms with Crippen molar-refractivity contribution in [1.82, 2.24) is 0 Å². The normalized spacial score (nSPS) is 25.5. The summed E-state index contributed by atoms with van der Waals surface area (Å²) in [5, 5.41) is 3.16. The molecule has 1 aromatic carbocycles. The van der Waals surface area contributed by atoms with Crippen LogP contribution in [-0.4, -0.2) is 18.8 Å². The molecule has 1 heterocycles. The first-order valence-corrected chi connectivity index (χ1v) is 5.00. The third kappa shape index (κ3) is 2.21. The highest BCUT2D eigenvalue weighted by Gasteiger charge is 2.29. The molecule has 0 radical (unpaired) electrons. The van der Waals surface area contributed by atoms with Crippen molar-refractivity contribution in [3.63, 3.8) is 0 Å². The van der Waals surface area contributed by atoms with E-state index in [1.165, 1.54) is 6.07 Å². The van der Waals surface area contributed by atoms with Crippen molar-refractivity contribution < 1.29 is 9.13 Å². The van der Waals surface area contributed by atoms with Gasteiger partial charge < -0.3 is 15.8 Å². The SMILES string of the molecule is CC1(Nc2ccc(N)cc2F)CCOC1. The van der Waals surface area contributed by atoms with E-state index in [4.69, 9.17) is 10.5 Å². The third-order valence-electron chi connectivity index (χ3n) is 2.65. The van der Waals surface area contributed by atoms with E-state index in [1.54, 1.807) is 12.1 Å². The van der Waals surface area contributed by atoms with Crippen molar-refractivity contribution in [2.45, 2.75) is 18.9 Å². The average molecular weight is 210 g/mol. The fourth-order valence-electron chi connectivity index (χ4n) is 1.72. The quantitative estimate of drug-likeness (QED) is 0.734. The third-order valence-corrected chi connectivity index (χ3v) is 2.65. The van der Waals surface area contributed by atoms with Gasteiger partial charge in [-0.25, -0.2) is 4.39 Å². The van der Waals surface area contributed by atoms with Crippen LogP contribution < -0.4 is 11.1 Å². The second-order valence-electron chi connectivity index (χ2n) is 4.23. The average Bonchev–Trinajstić information content (AvgIpc) is 2.58. The Bertz CT molecular complexity index is 362. The van der Waals surface area contributed by atoms with Crippen LogP contribution in [0.3, 0.4) is 0 Å². The fourth-order valence-corrected chi connectivity index (χ4v) is 1.72. The molecule has 0 saturated carbocycles. The molecule has 0 bridgehead atoms. The molecule has 82 valence electrons. The van der Waals surface area contributed by atoms with Gasteiger partial charge in [0.25, 0.3) is 0 Å². The maximum absolute atomic E-state index is 13.5. The van der Waals surface area contributed by atoms with Gasteiger partial charge in [-0.15, -0.1) is 0 Å². The van der Waals surface area contributed by atoms with Gasteiger partial charge in [-0.3, -0.25) is 0 Å². The van der Waals surface area contributed by atoms with Crippen molar-refractivity contribution in [2.24, 2.45) is 0 Å². The van der Waals surface area contributed by atoms with Crippen LogP contribution in [0.25, 0.3) is 0 Å². The topological polar surface area (TPSA) is 47.3 Å². The minimum absolute atomic E-state index is 0.170. The van der Waals surface area contributed by atoms with E-state index in [9.17, 15) is 4.39 Å². The Kier molecular flexibility index (Phi) is 2.52. The molecule has 2 rings (SSSR count). The summed E-state index contributed by atoms with van der Waals surface area (Å²) in [5.41, 5.74) is 6.23. The molecule has 1 unspecified atom stereocenters. The van der Waals surface area contributed by atoms with E-state index in [0.29, 0.717) is 18.0 Å². The number of nitrogen functional groups attached to an aromatic ring is 1. The number of rotatable bonds is 2. The zero-order valence-electron chi connectivity index (χ0n) is 8.72. The number of nitrogens with one attached hydrogen (secondary N) is 1. The highest BCUT2D eigenvalue weighted by molar-refractivity contribution is 5.54. The van der Waals surface area contributed by atoms with E-state index >= 15 is 0 Å². The summed E-state index contributed by atoms with van der Waals surface area (Å²) in [5.74, 6) is -0.317. The Hall–Kier alpha value is -1.29. The molecule has 1 aliphatic rings. The Morgan fingerprint density at radius 1 is 1.53 bits per heavy atom. The lowest BCUT2D eigenvalue weighted by atomic mass is 10.0. The van der Waals surface area contributed by atoms with Gasteiger partial charge in [0.2, 0.25) is 0 Å². The van der Waals surface area contributed by atoms with Gasteiger partial charge in [0, 0.05) is 12.3 Å². The van der Waals surface area contributed by atoms with E-state index in [-0.39, 0.29) is 11.4 Å². The van der Waals surface area contributed by atoms with E-state index in [1.807, 2.05) is 6.92 Å². The number of hydrogen-bond acceptors (Lipinski definition) is 3. The fraction of sp³-hybridized carbons (Fsp3) is 0.455. The maximum atomic E-state index is 13.5. The van der Waals surface area contributed by atoms with Crippen molar-refractivity contribution >= 4 is 11.4 Å². The Balaban J connectivity index is 2.16. The van der Waals surface area contributed by atoms with Crippen LogP contribution in [0, 0.1) is 5.82 Å². The molecule has 15 heavy (non-hydrogen) atoms. The van der Waals surface area contributed by atoms with Gasteiger partial charge in [-0.2, -0.15) is 0 Å². The van der Waals surface area contributed by atoms with Crippen LogP contribution in [0.15, 0.2) is 18.2 Å². The smallest absolute Gasteiger partial charge is 0.148 e. The second-order valence-corrected chi connectivity index (χ2v) is 4.23. The zero-order chi connectivity index (χ0) is 10.9. The largest absolute Gasteiger partial charge is 0.399 e. The Morgan fingerprint density at radius 3 is 2.93 bits per heavy atom. The van der Waals surface area contributed by atoms with Gasteiger partial charge in [0.1, 0.15) is 5.82 Å². The molecule has 1 aromatic rings. The van der Waals surface area contributed by atoms with Gasteiger partial charge in [-0.05, 0) is 31.5 Å². The summed E-state index contributed by atoms with van der Waals surface area (Å²) in [7, 11) is 0. The summed E-state index contributed by atoms with van der Waals surface area (Å²) in [6.45, 7) is 3.35. The molecule has 3 N–H and O–H groups in total.